The molecule has 1 unspecified atom stereocenters. The number of alkyl halides is 1. The van der Waals surface area contributed by atoms with Gasteiger partial charge in [-0.05, 0) is 49.2 Å². The van der Waals surface area contributed by atoms with E-state index in [4.69, 9.17) is 11.6 Å². The lowest BCUT2D eigenvalue weighted by Gasteiger charge is -2.26. The second-order valence-electron chi connectivity index (χ2n) is 4.90. The first-order chi connectivity index (χ1) is 9.60. The summed E-state index contributed by atoms with van der Waals surface area (Å²) in [4.78, 5) is 2.23. The van der Waals surface area contributed by atoms with Crippen LogP contribution in [0.25, 0.3) is 0 Å². The van der Waals surface area contributed by atoms with E-state index in [9.17, 15) is 4.39 Å². The molecule has 0 saturated heterocycles. The molecule has 0 saturated carbocycles. The molecule has 0 heterocycles. The minimum absolute atomic E-state index is 0.156. The Hall–Kier alpha value is -1.54. The van der Waals surface area contributed by atoms with Crippen molar-refractivity contribution >= 4 is 17.3 Å². The standard InChI is InChI=1S/C17H19ClFN/c1-3-20(16-6-4-5-13(2)11-16)12-17(18)14-7-9-15(19)10-8-14/h4-11,17H,3,12H2,1-2H3. The van der Waals surface area contributed by atoms with E-state index in [1.165, 1.54) is 23.4 Å². The van der Waals surface area contributed by atoms with Crippen molar-refractivity contribution in [1.82, 2.24) is 0 Å². The number of rotatable bonds is 5. The van der Waals surface area contributed by atoms with Crippen LogP contribution in [0.2, 0.25) is 0 Å². The minimum atomic E-state index is -0.233. The van der Waals surface area contributed by atoms with Gasteiger partial charge in [0, 0.05) is 18.8 Å². The molecule has 2 rings (SSSR count). The predicted molar refractivity (Wildman–Crippen MR) is 84.1 cm³/mol. The van der Waals surface area contributed by atoms with Crippen molar-refractivity contribution in [3.8, 4) is 0 Å². The molecule has 2 aromatic rings. The maximum absolute atomic E-state index is 12.9. The van der Waals surface area contributed by atoms with Crippen LogP contribution in [0.5, 0.6) is 0 Å². The maximum atomic E-state index is 12.9. The molecule has 0 aromatic heterocycles. The molecule has 1 nitrogen and oxygen atoms in total. The van der Waals surface area contributed by atoms with Crippen molar-refractivity contribution in [2.75, 3.05) is 18.0 Å². The van der Waals surface area contributed by atoms with Gasteiger partial charge in [-0.15, -0.1) is 11.6 Å². The van der Waals surface area contributed by atoms with Gasteiger partial charge in [0.2, 0.25) is 0 Å². The van der Waals surface area contributed by atoms with Gasteiger partial charge in [0.1, 0.15) is 5.82 Å². The Balaban J connectivity index is 2.11. The van der Waals surface area contributed by atoms with Crippen molar-refractivity contribution in [3.63, 3.8) is 0 Å². The second kappa shape index (κ2) is 6.76. The third-order valence-electron chi connectivity index (χ3n) is 3.36. The first kappa shape index (κ1) is 14.9. The average Bonchev–Trinajstić information content (AvgIpc) is 2.45. The fraction of sp³-hybridized carbons (Fsp3) is 0.294. The summed E-state index contributed by atoms with van der Waals surface area (Å²) in [5, 5.41) is -0.156. The largest absolute Gasteiger partial charge is 0.370 e. The topological polar surface area (TPSA) is 3.24 Å². The number of halogens is 2. The third kappa shape index (κ3) is 3.73. The smallest absolute Gasteiger partial charge is 0.123 e. The van der Waals surface area contributed by atoms with E-state index in [1.54, 1.807) is 12.1 Å². The summed E-state index contributed by atoms with van der Waals surface area (Å²) in [5.41, 5.74) is 3.34. The van der Waals surface area contributed by atoms with E-state index in [-0.39, 0.29) is 11.2 Å². The van der Waals surface area contributed by atoms with Crippen LogP contribution in [0.3, 0.4) is 0 Å². The number of anilines is 1. The van der Waals surface area contributed by atoms with Crippen LogP contribution in [0, 0.1) is 12.7 Å². The Kier molecular flexibility index (Phi) is 5.02. The maximum Gasteiger partial charge on any atom is 0.123 e. The first-order valence-corrected chi connectivity index (χ1v) is 7.25. The summed E-state index contributed by atoms with van der Waals surface area (Å²) >= 11 is 6.46. The van der Waals surface area contributed by atoms with E-state index < -0.39 is 0 Å². The van der Waals surface area contributed by atoms with Gasteiger partial charge in [-0.1, -0.05) is 24.3 Å². The van der Waals surface area contributed by atoms with E-state index in [0.29, 0.717) is 6.54 Å². The van der Waals surface area contributed by atoms with Crippen molar-refractivity contribution in [2.45, 2.75) is 19.2 Å². The summed E-state index contributed by atoms with van der Waals surface area (Å²) in [7, 11) is 0. The SMILES string of the molecule is CCN(CC(Cl)c1ccc(F)cc1)c1cccc(C)c1. The Bertz CT molecular complexity index is 553. The zero-order valence-electron chi connectivity index (χ0n) is 11.8. The fourth-order valence-electron chi connectivity index (χ4n) is 2.21. The Morgan fingerprint density at radius 2 is 1.85 bits per heavy atom. The molecule has 2 aromatic carbocycles. The van der Waals surface area contributed by atoms with Crippen LogP contribution in [0.15, 0.2) is 48.5 Å². The minimum Gasteiger partial charge on any atom is -0.370 e. The van der Waals surface area contributed by atoms with Gasteiger partial charge in [-0.2, -0.15) is 0 Å². The molecule has 106 valence electrons. The highest BCUT2D eigenvalue weighted by Gasteiger charge is 2.13. The number of nitrogens with zero attached hydrogens (tertiary/aromatic N) is 1. The number of aryl methyl sites for hydroxylation is 1. The summed E-state index contributed by atoms with van der Waals surface area (Å²) in [6.07, 6.45) is 0. The van der Waals surface area contributed by atoms with E-state index in [1.807, 2.05) is 0 Å². The zero-order chi connectivity index (χ0) is 14.5. The Labute approximate surface area is 125 Å². The summed E-state index contributed by atoms with van der Waals surface area (Å²) in [6.45, 7) is 5.77. The van der Waals surface area contributed by atoms with Gasteiger partial charge in [-0.3, -0.25) is 0 Å². The lowest BCUT2D eigenvalue weighted by atomic mass is 10.1. The molecule has 3 heteroatoms. The number of hydrogen-bond donors (Lipinski definition) is 0. The molecule has 0 aliphatic carbocycles. The van der Waals surface area contributed by atoms with E-state index >= 15 is 0 Å². The quantitative estimate of drug-likeness (QED) is 0.705. The van der Waals surface area contributed by atoms with Crippen molar-refractivity contribution in [1.29, 1.82) is 0 Å². The van der Waals surface area contributed by atoms with Crippen LogP contribution >= 0.6 is 11.6 Å². The van der Waals surface area contributed by atoms with Crippen molar-refractivity contribution in [3.05, 3.63) is 65.5 Å². The highest BCUT2D eigenvalue weighted by Crippen LogP contribution is 2.25. The Morgan fingerprint density at radius 3 is 2.45 bits per heavy atom. The summed E-state index contributed by atoms with van der Waals surface area (Å²) in [6, 6.07) is 14.8. The molecule has 0 fully saturated rings. The van der Waals surface area contributed by atoms with Crippen LogP contribution in [-0.2, 0) is 0 Å². The zero-order valence-corrected chi connectivity index (χ0v) is 12.6. The molecular weight excluding hydrogens is 273 g/mol. The van der Waals surface area contributed by atoms with Gasteiger partial charge < -0.3 is 4.90 Å². The first-order valence-electron chi connectivity index (χ1n) is 6.81. The normalized spacial score (nSPS) is 12.2. The van der Waals surface area contributed by atoms with Gasteiger partial charge in [0.05, 0.1) is 5.38 Å². The van der Waals surface area contributed by atoms with Crippen LogP contribution < -0.4 is 4.90 Å². The molecule has 0 amide bonds. The number of likely N-dealkylation sites (N-methyl/N-ethyl adjacent to an activating group) is 1. The third-order valence-corrected chi connectivity index (χ3v) is 3.75. The number of benzene rings is 2. The summed E-state index contributed by atoms with van der Waals surface area (Å²) < 4.78 is 12.9. The van der Waals surface area contributed by atoms with Gasteiger partial charge in [0.25, 0.3) is 0 Å². The van der Waals surface area contributed by atoms with Gasteiger partial charge in [-0.25, -0.2) is 4.39 Å². The lowest BCUT2D eigenvalue weighted by Crippen LogP contribution is -2.26. The molecule has 20 heavy (non-hydrogen) atoms. The molecule has 0 bridgehead atoms. The van der Waals surface area contributed by atoms with E-state index in [2.05, 4.69) is 43.0 Å². The average molecular weight is 292 g/mol. The molecule has 0 radical (unpaired) electrons. The summed E-state index contributed by atoms with van der Waals surface area (Å²) in [5.74, 6) is -0.233. The second-order valence-corrected chi connectivity index (χ2v) is 5.42. The van der Waals surface area contributed by atoms with Gasteiger partial charge in [0.15, 0.2) is 0 Å². The van der Waals surface area contributed by atoms with Gasteiger partial charge >= 0.3 is 0 Å². The van der Waals surface area contributed by atoms with Crippen LogP contribution in [0.1, 0.15) is 23.4 Å². The predicted octanol–water partition coefficient (Wildman–Crippen LogP) is 4.94. The fourth-order valence-corrected chi connectivity index (χ4v) is 2.52. The van der Waals surface area contributed by atoms with Crippen molar-refractivity contribution in [2.24, 2.45) is 0 Å². The number of hydrogen-bond acceptors (Lipinski definition) is 1. The lowest BCUT2D eigenvalue weighted by molar-refractivity contribution is 0.626. The molecule has 0 aliphatic heterocycles. The molecule has 0 aliphatic rings. The van der Waals surface area contributed by atoms with Crippen LogP contribution in [0.4, 0.5) is 10.1 Å². The molecule has 0 spiro atoms. The highest BCUT2D eigenvalue weighted by molar-refractivity contribution is 6.21. The monoisotopic (exact) mass is 291 g/mol. The Morgan fingerprint density at radius 1 is 1.15 bits per heavy atom. The van der Waals surface area contributed by atoms with Crippen LogP contribution in [-0.4, -0.2) is 13.1 Å². The molecular formula is C17H19ClFN. The van der Waals surface area contributed by atoms with Crippen molar-refractivity contribution < 1.29 is 4.39 Å². The molecule has 1 atom stereocenters. The highest BCUT2D eigenvalue weighted by atomic mass is 35.5. The molecule has 0 N–H and O–H groups in total. The van der Waals surface area contributed by atoms with E-state index in [0.717, 1.165) is 12.1 Å².